The molecule has 0 bridgehead atoms. The van der Waals surface area contributed by atoms with Crippen LogP contribution in [0.3, 0.4) is 0 Å². The van der Waals surface area contributed by atoms with Crippen LogP contribution >= 0.6 is 0 Å². The van der Waals surface area contributed by atoms with Gasteiger partial charge in [-0.05, 0) is 62.7 Å². The quantitative estimate of drug-likeness (QED) is 0.388. The van der Waals surface area contributed by atoms with Gasteiger partial charge >= 0.3 is 0 Å². The lowest BCUT2D eigenvalue weighted by Crippen LogP contribution is -2.44. The van der Waals surface area contributed by atoms with Crippen molar-refractivity contribution in [3.63, 3.8) is 0 Å². The van der Waals surface area contributed by atoms with Gasteiger partial charge in [-0.3, -0.25) is 9.67 Å². The van der Waals surface area contributed by atoms with Gasteiger partial charge in [0.05, 0.1) is 31.4 Å². The number of ether oxygens (including phenoxy) is 1. The molecule has 0 unspecified atom stereocenters. The summed E-state index contributed by atoms with van der Waals surface area (Å²) in [5.74, 6) is 2.68. The van der Waals surface area contributed by atoms with Crippen LogP contribution in [-0.2, 0) is 16.4 Å². The Balaban J connectivity index is 1.28. The van der Waals surface area contributed by atoms with Crippen LogP contribution < -0.4 is 15.8 Å². The van der Waals surface area contributed by atoms with Crippen molar-refractivity contribution < 1.29 is 13.2 Å². The highest BCUT2D eigenvalue weighted by molar-refractivity contribution is 7.91. The summed E-state index contributed by atoms with van der Waals surface area (Å²) in [7, 11) is -1.16. The van der Waals surface area contributed by atoms with Crippen molar-refractivity contribution in [3.8, 4) is 5.75 Å². The fourth-order valence-corrected chi connectivity index (χ4v) is 7.10. The van der Waals surface area contributed by atoms with Crippen LogP contribution in [0.1, 0.15) is 62.6 Å². The first-order valence-corrected chi connectivity index (χ1v) is 15.4. The third-order valence-corrected chi connectivity index (χ3v) is 9.56. The number of methoxy groups -OCH3 is 1. The molecule has 2 aliphatic heterocycles. The number of nitrogen functional groups attached to an aromatic ring is 1. The molecule has 0 amide bonds. The summed E-state index contributed by atoms with van der Waals surface area (Å²) in [4.78, 5) is 16.1. The topological polar surface area (TPSA) is 141 Å². The Morgan fingerprint density at radius 3 is 2.61 bits per heavy atom. The second kappa shape index (κ2) is 11.4. The minimum atomic E-state index is -2.83. The zero-order valence-corrected chi connectivity index (χ0v) is 23.1. The van der Waals surface area contributed by atoms with Crippen LogP contribution in [0.15, 0.2) is 18.5 Å². The Labute approximate surface area is 224 Å². The molecule has 38 heavy (non-hydrogen) atoms. The largest absolute Gasteiger partial charge is 0.495 e. The van der Waals surface area contributed by atoms with Crippen LogP contribution in [0.2, 0.25) is 0 Å². The number of rotatable bonds is 9. The van der Waals surface area contributed by atoms with E-state index in [1.54, 1.807) is 13.3 Å². The SMILES string of the molecule is CCCCNc1nc(N)nc2cnn(Cc3ncc(C4CCN(C5CCS(=O)(=O)CC5)CC4)cc3OC)c12. The summed E-state index contributed by atoms with van der Waals surface area (Å²) >= 11 is 0. The highest BCUT2D eigenvalue weighted by Crippen LogP contribution is 2.33. The zero-order chi connectivity index (χ0) is 26.7. The van der Waals surface area contributed by atoms with Gasteiger partial charge < -0.3 is 20.7 Å². The van der Waals surface area contributed by atoms with E-state index in [1.165, 1.54) is 5.56 Å². The van der Waals surface area contributed by atoms with Gasteiger partial charge in [-0.15, -0.1) is 0 Å². The molecule has 11 nitrogen and oxygen atoms in total. The molecule has 3 aromatic heterocycles. The summed E-state index contributed by atoms with van der Waals surface area (Å²) < 4.78 is 31.2. The summed E-state index contributed by atoms with van der Waals surface area (Å²) in [5.41, 5.74) is 9.38. The molecule has 3 aromatic rings. The number of nitrogens with two attached hydrogens (primary N) is 1. The van der Waals surface area contributed by atoms with Gasteiger partial charge in [-0.25, -0.2) is 13.4 Å². The molecule has 0 aromatic carbocycles. The lowest BCUT2D eigenvalue weighted by atomic mass is 9.89. The maximum atomic E-state index is 11.8. The summed E-state index contributed by atoms with van der Waals surface area (Å²) in [6, 6.07) is 2.50. The second-order valence-corrected chi connectivity index (χ2v) is 12.7. The molecule has 0 saturated carbocycles. The summed E-state index contributed by atoms with van der Waals surface area (Å²) in [5, 5.41) is 7.93. The van der Waals surface area contributed by atoms with E-state index in [0.29, 0.717) is 41.3 Å². The van der Waals surface area contributed by atoms with E-state index in [1.807, 2.05) is 10.9 Å². The van der Waals surface area contributed by atoms with Crippen LogP contribution in [0.4, 0.5) is 11.8 Å². The van der Waals surface area contributed by atoms with E-state index in [2.05, 4.69) is 38.3 Å². The van der Waals surface area contributed by atoms with E-state index in [4.69, 9.17) is 15.5 Å². The summed E-state index contributed by atoms with van der Waals surface area (Å²) in [6.07, 6.45) is 9.34. The molecular weight excluding hydrogens is 504 g/mol. The van der Waals surface area contributed by atoms with Gasteiger partial charge in [0.2, 0.25) is 5.95 Å². The number of sulfone groups is 1. The number of likely N-dealkylation sites (tertiary alicyclic amines) is 1. The Bertz CT molecular complexity index is 1350. The lowest BCUT2D eigenvalue weighted by molar-refractivity contribution is 0.142. The number of nitrogens with zero attached hydrogens (tertiary/aromatic N) is 6. The van der Waals surface area contributed by atoms with Crippen LogP contribution in [0.5, 0.6) is 5.75 Å². The molecule has 2 aliphatic rings. The average molecular weight is 543 g/mol. The zero-order valence-electron chi connectivity index (χ0n) is 22.3. The molecular formula is C26H38N8O3S. The Morgan fingerprint density at radius 2 is 1.89 bits per heavy atom. The van der Waals surface area contributed by atoms with Crippen LogP contribution in [-0.4, -0.2) is 82.3 Å². The average Bonchev–Trinajstić information content (AvgIpc) is 3.31. The molecule has 2 fully saturated rings. The maximum absolute atomic E-state index is 11.8. The van der Waals surface area contributed by atoms with Crippen LogP contribution in [0.25, 0.3) is 11.0 Å². The Morgan fingerprint density at radius 1 is 1.13 bits per heavy atom. The smallest absolute Gasteiger partial charge is 0.222 e. The van der Waals surface area contributed by atoms with Gasteiger partial charge in [0.1, 0.15) is 32.3 Å². The third kappa shape index (κ3) is 5.85. The normalized spacial score (nSPS) is 19.1. The number of hydrogen-bond donors (Lipinski definition) is 2. The van der Waals surface area contributed by atoms with E-state index in [-0.39, 0.29) is 5.95 Å². The number of nitrogens with one attached hydrogen (secondary N) is 1. The van der Waals surface area contributed by atoms with Gasteiger partial charge in [0, 0.05) is 18.8 Å². The predicted octanol–water partition coefficient (Wildman–Crippen LogP) is 2.83. The number of aromatic nitrogens is 5. The van der Waals surface area contributed by atoms with E-state index < -0.39 is 9.84 Å². The number of unbranched alkanes of at least 4 members (excludes halogenated alkanes) is 1. The number of hydrogen-bond acceptors (Lipinski definition) is 10. The van der Waals surface area contributed by atoms with Crippen molar-refractivity contribution in [1.82, 2.24) is 29.6 Å². The van der Waals surface area contributed by atoms with Gasteiger partial charge in [0.15, 0.2) is 5.82 Å². The molecule has 0 aliphatic carbocycles. The summed E-state index contributed by atoms with van der Waals surface area (Å²) in [6.45, 7) is 5.32. The first kappa shape index (κ1) is 26.6. The molecule has 0 atom stereocenters. The predicted molar refractivity (Wildman–Crippen MR) is 148 cm³/mol. The van der Waals surface area contributed by atoms with E-state index in [0.717, 1.165) is 75.1 Å². The highest BCUT2D eigenvalue weighted by Gasteiger charge is 2.31. The maximum Gasteiger partial charge on any atom is 0.222 e. The molecule has 12 heteroatoms. The molecule has 0 radical (unpaired) electrons. The van der Waals surface area contributed by atoms with E-state index >= 15 is 0 Å². The monoisotopic (exact) mass is 542 g/mol. The minimum absolute atomic E-state index is 0.218. The first-order valence-electron chi connectivity index (χ1n) is 13.6. The lowest BCUT2D eigenvalue weighted by Gasteiger charge is -2.39. The van der Waals surface area contributed by atoms with Crippen LogP contribution in [0, 0.1) is 0 Å². The number of piperidine rings is 1. The molecule has 3 N–H and O–H groups in total. The van der Waals surface area contributed by atoms with Gasteiger partial charge in [0.25, 0.3) is 0 Å². The van der Waals surface area contributed by atoms with Gasteiger partial charge in [-0.2, -0.15) is 10.1 Å². The third-order valence-electron chi connectivity index (χ3n) is 7.84. The molecule has 2 saturated heterocycles. The van der Waals surface area contributed by atoms with E-state index in [9.17, 15) is 8.42 Å². The molecule has 206 valence electrons. The van der Waals surface area contributed by atoms with Crippen molar-refractivity contribution in [2.45, 2.75) is 64.0 Å². The minimum Gasteiger partial charge on any atom is -0.495 e. The van der Waals surface area contributed by atoms with Crippen molar-refractivity contribution >= 4 is 32.6 Å². The van der Waals surface area contributed by atoms with Crippen molar-refractivity contribution in [3.05, 3.63) is 29.7 Å². The number of pyridine rings is 1. The van der Waals surface area contributed by atoms with Crippen molar-refractivity contribution in [2.24, 2.45) is 0 Å². The first-order chi connectivity index (χ1) is 18.4. The van der Waals surface area contributed by atoms with Gasteiger partial charge in [-0.1, -0.05) is 13.3 Å². The Kier molecular flexibility index (Phi) is 7.98. The fraction of sp³-hybridized carbons (Fsp3) is 0.615. The molecule has 0 spiro atoms. The fourth-order valence-electron chi connectivity index (χ4n) is 5.63. The highest BCUT2D eigenvalue weighted by atomic mass is 32.2. The van der Waals surface area contributed by atoms with Crippen molar-refractivity contribution in [1.29, 1.82) is 0 Å². The molecule has 5 heterocycles. The molecule has 5 rings (SSSR count). The number of fused-ring (bicyclic) bond motifs is 1. The number of anilines is 2. The standard InChI is InChI=1S/C26H38N8O3S/c1-3-4-9-28-25-24-21(31-26(27)32-25)16-30-34(24)17-22-23(37-2)14-19(15-29-22)18-5-10-33(11-6-18)20-7-12-38(35,36)13-8-20/h14-16,18,20H,3-13,17H2,1-2H3,(H3,27,28,31,32). The van der Waals surface area contributed by atoms with Crippen molar-refractivity contribution in [2.75, 3.05) is 49.3 Å². The Hall–Kier alpha value is -2.99. The second-order valence-electron chi connectivity index (χ2n) is 10.4.